The second kappa shape index (κ2) is 5.59. The number of aryl methyl sites for hydroxylation is 1. The molecule has 0 unspecified atom stereocenters. The Kier molecular flexibility index (Phi) is 3.62. The largest absolute Gasteiger partial charge is 0.481 e. The lowest BCUT2D eigenvalue weighted by Crippen LogP contribution is -2.30. The molecule has 1 atom stereocenters. The fourth-order valence-corrected chi connectivity index (χ4v) is 2.71. The van der Waals surface area contributed by atoms with Crippen LogP contribution in [0.5, 0.6) is 0 Å². The predicted molar refractivity (Wildman–Crippen MR) is 77.7 cm³/mol. The van der Waals surface area contributed by atoms with Crippen molar-refractivity contribution in [1.82, 2.24) is 19.7 Å². The number of carbonyl (C=O) groups excluding carboxylic acids is 1. The zero-order valence-electron chi connectivity index (χ0n) is 12.1. The van der Waals surface area contributed by atoms with Gasteiger partial charge in [0.1, 0.15) is 12.7 Å². The molecule has 0 saturated carbocycles. The molecule has 1 aromatic carbocycles. The molecule has 1 amide bonds. The lowest BCUT2D eigenvalue weighted by molar-refractivity contribution is -0.141. The Balaban J connectivity index is 1.80. The summed E-state index contributed by atoms with van der Waals surface area (Å²) in [5.41, 5.74) is 2.33. The Morgan fingerprint density at radius 1 is 1.36 bits per heavy atom. The molecule has 2 aromatic rings. The quantitative estimate of drug-likeness (QED) is 0.917. The van der Waals surface area contributed by atoms with Gasteiger partial charge in [-0.2, -0.15) is 5.10 Å². The van der Waals surface area contributed by atoms with Crippen LogP contribution < -0.4 is 0 Å². The average molecular weight is 300 g/mol. The maximum Gasteiger partial charge on any atom is 0.308 e. The first-order chi connectivity index (χ1) is 10.6. The van der Waals surface area contributed by atoms with E-state index in [1.807, 2.05) is 13.0 Å². The number of likely N-dealkylation sites (tertiary alicyclic amines) is 1. The molecule has 22 heavy (non-hydrogen) atoms. The summed E-state index contributed by atoms with van der Waals surface area (Å²) in [6.07, 6.45) is 3.56. The lowest BCUT2D eigenvalue weighted by Gasteiger charge is -2.16. The van der Waals surface area contributed by atoms with E-state index in [2.05, 4.69) is 10.1 Å². The van der Waals surface area contributed by atoms with Crippen LogP contribution in [-0.4, -0.2) is 49.7 Å². The zero-order chi connectivity index (χ0) is 15.7. The van der Waals surface area contributed by atoms with Gasteiger partial charge >= 0.3 is 5.97 Å². The summed E-state index contributed by atoms with van der Waals surface area (Å²) < 4.78 is 1.64. The molecule has 114 valence electrons. The van der Waals surface area contributed by atoms with Crippen molar-refractivity contribution in [2.24, 2.45) is 5.92 Å². The van der Waals surface area contributed by atoms with Gasteiger partial charge in [-0.1, -0.05) is 0 Å². The van der Waals surface area contributed by atoms with E-state index in [4.69, 9.17) is 5.11 Å². The molecule has 3 rings (SSSR count). The van der Waals surface area contributed by atoms with Gasteiger partial charge in [-0.15, -0.1) is 0 Å². The van der Waals surface area contributed by atoms with Crippen LogP contribution >= 0.6 is 0 Å². The minimum atomic E-state index is -0.840. The van der Waals surface area contributed by atoms with E-state index in [1.165, 1.54) is 6.33 Å². The highest BCUT2D eigenvalue weighted by molar-refractivity contribution is 5.95. The van der Waals surface area contributed by atoms with Gasteiger partial charge in [0.05, 0.1) is 11.6 Å². The maximum absolute atomic E-state index is 12.5. The van der Waals surface area contributed by atoms with Crippen LogP contribution in [0.2, 0.25) is 0 Å². The van der Waals surface area contributed by atoms with Gasteiger partial charge in [-0.25, -0.2) is 9.67 Å². The van der Waals surface area contributed by atoms with Gasteiger partial charge in [-0.05, 0) is 37.1 Å². The van der Waals surface area contributed by atoms with Gasteiger partial charge in [0.25, 0.3) is 5.91 Å². The summed E-state index contributed by atoms with van der Waals surface area (Å²) in [5.74, 6) is -1.43. The summed E-state index contributed by atoms with van der Waals surface area (Å²) >= 11 is 0. The molecule has 7 nitrogen and oxygen atoms in total. The van der Waals surface area contributed by atoms with Crippen molar-refractivity contribution in [3.8, 4) is 5.69 Å². The van der Waals surface area contributed by atoms with E-state index in [0.717, 1.165) is 11.3 Å². The third-order valence-corrected chi connectivity index (χ3v) is 3.93. The fraction of sp³-hybridized carbons (Fsp3) is 0.333. The van der Waals surface area contributed by atoms with Crippen molar-refractivity contribution in [3.63, 3.8) is 0 Å². The second-order valence-corrected chi connectivity index (χ2v) is 5.42. The normalized spacial score (nSPS) is 17.7. The number of aliphatic carboxylic acids is 1. The van der Waals surface area contributed by atoms with Crippen molar-refractivity contribution >= 4 is 11.9 Å². The van der Waals surface area contributed by atoms with Crippen molar-refractivity contribution in [2.75, 3.05) is 13.1 Å². The van der Waals surface area contributed by atoms with E-state index in [0.29, 0.717) is 18.5 Å². The molecule has 0 radical (unpaired) electrons. The Labute approximate surface area is 127 Å². The first-order valence-corrected chi connectivity index (χ1v) is 7.04. The Bertz CT molecular complexity index is 712. The number of hydrogen-bond acceptors (Lipinski definition) is 4. The van der Waals surface area contributed by atoms with Gasteiger partial charge in [0.2, 0.25) is 0 Å². The van der Waals surface area contributed by atoms with Crippen molar-refractivity contribution < 1.29 is 14.7 Å². The first kappa shape index (κ1) is 14.2. The molecule has 1 saturated heterocycles. The number of hydrogen-bond donors (Lipinski definition) is 1. The van der Waals surface area contributed by atoms with Gasteiger partial charge < -0.3 is 10.0 Å². The highest BCUT2D eigenvalue weighted by Crippen LogP contribution is 2.21. The smallest absolute Gasteiger partial charge is 0.308 e. The number of nitrogens with zero attached hydrogens (tertiary/aromatic N) is 4. The highest BCUT2D eigenvalue weighted by Gasteiger charge is 2.31. The molecule has 7 heteroatoms. The molecule has 2 heterocycles. The molecule has 1 N–H and O–H groups in total. The summed E-state index contributed by atoms with van der Waals surface area (Å²) in [5, 5.41) is 13.1. The fourth-order valence-electron chi connectivity index (χ4n) is 2.71. The molecular weight excluding hydrogens is 284 g/mol. The third kappa shape index (κ3) is 2.57. The Morgan fingerprint density at radius 3 is 2.77 bits per heavy atom. The maximum atomic E-state index is 12.5. The van der Waals surface area contributed by atoms with Crippen LogP contribution in [0.4, 0.5) is 0 Å². The summed E-state index contributed by atoms with van der Waals surface area (Å²) in [7, 11) is 0. The Morgan fingerprint density at radius 2 is 2.18 bits per heavy atom. The van der Waals surface area contributed by atoms with Crippen LogP contribution in [0, 0.1) is 12.8 Å². The lowest BCUT2D eigenvalue weighted by atomic mass is 10.1. The van der Waals surface area contributed by atoms with Crippen LogP contribution in [0.1, 0.15) is 22.3 Å². The third-order valence-electron chi connectivity index (χ3n) is 3.93. The number of carbonyl (C=O) groups is 2. The van der Waals surface area contributed by atoms with E-state index >= 15 is 0 Å². The van der Waals surface area contributed by atoms with Gasteiger partial charge in [0.15, 0.2) is 0 Å². The Hall–Kier alpha value is -2.70. The average Bonchev–Trinajstić information content (AvgIpc) is 3.17. The van der Waals surface area contributed by atoms with Crippen molar-refractivity contribution in [2.45, 2.75) is 13.3 Å². The highest BCUT2D eigenvalue weighted by atomic mass is 16.4. The summed E-state index contributed by atoms with van der Waals surface area (Å²) in [4.78, 5) is 29.0. The van der Waals surface area contributed by atoms with E-state index in [1.54, 1.807) is 28.0 Å². The molecule has 1 aliphatic rings. The van der Waals surface area contributed by atoms with Crippen LogP contribution in [-0.2, 0) is 4.79 Å². The number of benzene rings is 1. The number of carboxylic acid groups (broad SMARTS) is 1. The molecule has 1 aliphatic heterocycles. The number of amides is 1. The standard InChI is InChI=1S/C15H16N4O3/c1-10-6-11(2-3-13(10)19-9-16-8-17-19)14(20)18-5-4-12(7-18)15(21)22/h2-3,6,8-9,12H,4-5,7H2,1H3,(H,21,22)/t12-/m0/s1. The van der Waals surface area contributed by atoms with Crippen LogP contribution in [0.15, 0.2) is 30.9 Å². The minimum absolute atomic E-state index is 0.128. The molecule has 1 aromatic heterocycles. The summed E-state index contributed by atoms with van der Waals surface area (Å²) in [6.45, 7) is 2.66. The summed E-state index contributed by atoms with van der Waals surface area (Å²) in [6, 6.07) is 5.36. The van der Waals surface area contributed by atoms with E-state index in [9.17, 15) is 9.59 Å². The predicted octanol–water partition coefficient (Wildman–Crippen LogP) is 1.12. The first-order valence-electron chi connectivity index (χ1n) is 7.04. The van der Waals surface area contributed by atoms with Crippen molar-refractivity contribution in [3.05, 3.63) is 42.0 Å². The van der Waals surface area contributed by atoms with E-state index in [-0.39, 0.29) is 12.5 Å². The van der Waals surface area contributed by atoms with Crippen LogP contribution in [0.25, 0.3) is 5.69 Å². The molecule has 0 aliphatic carbocycles. The SMILES string of the molecule is Cc1cc(C(=O)N2CC[C@H](C(=O)O)C2)ccc1-n1cncn1. The number of carboxylic acids is 1. The second-order valence-electron chi connectivity index (χ2n) is 5.42. The van der Waals surface area contributed by atoms with E-state index < -0.39 is 11.9 Å². The number of rotatable bonds is 3. The van der Waals surface area contributed by atoms with Crippen molar-refractivity contribution in [1.29, 1.82) is 0 Å². The monoisotopic (exact) mass is 300 g/mol. The molecule has 0 spiro atoms. The molecule has 0 bridgehead atoms. The zero-order valence-corrected chi connectivity index (χ0v) is 12.1. The van der Waals surface area contributed by atoms with Gasteiger partial charge in [0, 0.05) is 18.7 Å². The molecule has 1 fully saturated rings. The minimum Gasteiger partial charge on any atom is -0.481 e. The molecular formula is C15H16N4O3. The van der Waals surface area contributed by atoms with Crippen LogP contribution in [0.3, 0.4) is 0 Å². The topological polar surface area (TPSA) is 88.3 Å². The number of aromatic nitrogens is 3. The van der Waals surface area contributed by atoms with Gasteiger partial charge in [-0.3, -0.25) is 9.59 Å².